The van der Waals surface area contributed by atoms with Gasteiger partial charge in [-0.25, -0.2) is 0 Å². The van der Waals surface area contributed by atoms with Crippen LogP contribution >= 0.6 is 0 Å². The third-order valence-electron chi connectivity index (χ3n) is 10.9. The first-order valence-electron chi connectivity index (χ1n) is 24.3. The largest absolute Gasteiger partial charge is 0.466 e. The van der Waals surface area contributed by atoms with Crippen LogP contribution in [0.1, 0.15) is 245 Å². The Morgan fingerprint density at radius 2 is 0.929 bits per heavy atom. The molecule has 328 valence electrons. The maximum Gasteiger partial charge on any atom is 0.305 e. The van der Waals surface area contributed by atoms with Crippen LogP contribution < -0.4 is 5.32 Å². The highest BCUT2D eigenvalue weighted by Gasteiger charge is 2.18. The van der Waals surface area contributed by atoms with Crippen molar-refractivity contribution in [3.63, 3.8) is 0 Å². The summed E-state index contributed by atoms with van der Waals surface area (Å²) < 4.78 is 5.43. The lowest BCUT2D eigenvalue weighted by molar-refractivity contribution is -0.143. The Labute approximate surface area is 347 Å². The molecule has 0 aliphatic rings. The van der Waals surface area contributed by atoms with Crippen molar-refractivity contribution in [3.05, 3.63) is 36.5 Å². The van der Waals surface area contributed by atoms with Gasteiger partial charge >= 0.3 is 5.97 Å². The van der Waals surface area contributed by atoms with Gasteiger partial charge in [-0.05, 0) is 57.8 Å². The Hall–Kier alpha value is -1.92. The first kappa shape index (κ1) is 54.1. The lowest BCUT2D eigenvalue weighted by Crippen LogP contribution is -2.45. The molecule has 6 nitrogen and oxygen atoms in total. The van der Waals surface area contributed by atoms with Crippen molar-refractivity contribution in [3.8, 4) is 0 Å². The van der Waals surface area contributed by atoms with Crippen molar-refractivity contribution in [2.24, 2.45) is 0 Å². The third-order valence-corrected chi connectivity index (χ3v) is 10.9. The van der Waals surface area contributed by atoms with E-state index in [1.54, 1.807) is 6.08 Å². The van der Waals surface area contributed by atoms with Gasteiger partial charge in [0, 0.05) is 12.8 Å². The van der Waals surface area contributed by atoms with Crippen LogP contribution in [-0.2, 0) is 14.3 Å². The van der Waals surface area contributed by atoms with Crippen LogP contribution in [0.15, 0.2) is 36.5 Å². The number of hydrogen-bond donors (Lipinski definition) is 3. The number of nitrogens with one attached hydrogen (secondary N) is 1. The third kappa shape index (κ3) is 41.7. The molecule has 0 heterocycles. The molecule has 0 aliphatic carbocycles. The quantitative estimate of drug-likeness (QED) is 0.0325. The van der Waals surface area contributed by atoms with Gasteiger partial charge in [-0.1, -0.05) is 211 Å². The molecule has 0 rings (SSSR count). The van der Waals surface area contributed by atoms with Gasteiger partial charge in [0.2, 0.25) is 5.91 Å². The lowest BCUT2D eigenvalue weighted by atomic mass is 10.0. The second-order valence-corrected chi connectivity index (χ2v) is 16.4. The Balaban J connectivity index is 3.53. The number of carbonyl (C=O) groups is 2. The number of carbonyl (C=O) groups excluding carboxylic acids is 2. The van der Waals surface area contributed by atoms with E-state index in [0.717, 1.165) is 70.6 Å². The van der Waals surface area contributed by atoms with Gasteiger partial charge in [0.05, 0.1) is 25.4 Å². The molecule has 0 aromatic carbocycles. The molecule has 3 N–H and O–H groups in total. The van der Waals surface area contributed by atoms with Gasteiger partial charge in [0.25, 0.3) is 0 Å². The highest BCUT2D eigenvalue weighted by Crippen LogP contribution is 2.15. The SMILES string of the molecule is CCC/C=C\C/C=C\CCCCCCCC(=O)OCCCCCCCCCCCCCC(=O)NC(CO)C(O)/C=C/CCCCCCCCCCCCCCC. The molecule has 0 spiro atoms. The molecule has 0 radical (unpaired) electrons. The van der Waals surface area contributed by atoms with E-state index >= 15 is 0 Å². The van der Waals surface area contributed by atoms with Gasteiger partial charge in [0.1, 0.15) is 0 Å². The molecule has 1 amide bonds. The number of ether oxygens (including phenoxy) is 1. The minimum absolute atomic E-state index is 0.0315. The predicted octanol–water partition coefficient (Wildman–Crippen LogP) is 14.1. The van der Waals surface area contributed by atoms with Crippen LogP contribution in [0.3, 0.4) is 0 Å². The highest BCUT2D eigenvalue weighted by atomic mass is 16.5. The minimum Gasteiger partial charge on any atom is -0.466 e. The van der Waals surface area contributed by atoms with E-state index in [2.05, 4.69) is 43.5 Å². The van der Waals surface area contributed by atoms with Crippen LogP contribution in [-0.4, -0.2) is 47.4 Å². The van der Waals surface area contributed by atoms with E-state index in [-0.39, 0.29) is 18.5 Å². The zero-order valence-electron chi connectivity index (χ0n) is 37.1. The number of allylic oxidation sites excluding steroid dienone is 5. The number of esters is 1. The smallest absolute Gasteiger partial charge is 0.305 e. The first-order chi connectivity index (χ1) is 27.5. The zero-order chi connectivity index (χ0) is 40.8. The number of rotatable bonds is 44. The van der Waals surface area contributed by atoms with E-state index in [9.17, 15) is 19.8 Å². The molecule has 0 aromatic heterocycles. The number of aliphatic hydroxyl groups is 2. The van der Waals surface area contributed by atoms with Crippen LogP contribution in [0, 0.1) is 0 Å². The van der Waals surface area contributed by atoms with Gasteiger partial charge in [-0.3, -0.25) is 9.59 Å². The van der Waals surface area contributed by atoms with Crippen LogP contribution in [0.4, 0.5) is 0 Å². The molecule has 2 atom stereocenters. The number of amides is 1. The lowest BCUT2D eigenvalue weighted by Gasteiger charge is -2.20. The normalized spacial score (nSPS) is 13.0. The zero-order valence-corrected chi connectivity index (χ0v) is 37.1. The summed E-state index contributed by atoms with van der Waals surface area (Å²) in [5.74, 6) is -0.120. The summed E-state index contributed by atoms with van der Waals surface area (Å²) in [6.07, 6.45) is 54.1. The van der Waals surface area contributed by atoms with Gasteiger partial charge in [0.15, 0.2) is 0 Å². The van der Waals surface area contributed by atoms with Crippen LogP contribution in [0.5, 0.6) is 0 Å². The van der Waals surface area contributed by atoms with Gasteiger partial charge in [-0.2, -0.15) is 0 Å². The Bertz CT molecular complexity index is 915. The van der Waals surface area contributed by atoms with E-state index < -0.39 is 12.1 Å². The van der Waals surface area contributed by atoms with Crippen molar-refractivity contribution < 1.29 is 24.5 Å². The van der Waals surface area contributed by atoms with Gasteiger partial charge < -0.3 is 20.3 Å². The molecule has 0 aromatic rings. The Morgan fingerprint density at radius 3 is 1.43 bits per heavy atom. The van der Waals surface area contributed by atoms with Crippen molar-refractivity contribution >= 4 is 11.9 Å². The number of aliphatic hydroxyl groups excluding tert-OH is 2. The monoisotopic (exact) mass is 788 g/mol. The van der Waals surface area contributed by atoms with Crippen molar-refractivity contribution in [2.75, 3.05) is 13.2 Å². The van der Waals surface area contributed by atoms with E-state index in [1.807, 2.05) is 6.08 Å². The summed E-state index contributed by atoms with van der Waals surface area (Å²) >= 11 is 0. The number of unbranched alkanes of at least 4 members (excludes halogenated alkanes) is 29. The summed E-state index contributed by atoms with van der Waals surface area (Å²) in [5, 5.41) is 23.0. The predicted molar refractivity (Wildman–Crippen MR) is 241 cm³/mol. The number of hydrogen-bond acceptors (Lipinski definition) is 5. The Kier molecular flexibility index (Phi) is 44.2. The highest BCUT2D eigenvalue weighted by molar-refractivity contribution is 5.76. The molecular formula is C50H93NO5. The summed E-state index contributed by atoms with van der Waals surface area (Å²) in [6.45, 7) is 4.78. The van der Waals surface area contributed by atoms with E-state index in [4.69, 9.17) is 4.74 Å². The summed E-state index contributed by atoms with van der Waals surface area (Å²) in [7, 11) is 0. The minimum atomic E-state index is -0.857. The average molecular weight is 788 g/mol. The fourth-order valence-corrected chi connectivity index (χ4v) is 7.14. The maximum atomic E-state index is 12.4. The molecule has 0 saturated carbocycles. The fourth-order valence-electron chi connectivity index (χ4n) is 7.14. The van der Waals surface area contributed by atoms with Crippen molar-refractivity contribution in [2.45, 2.75) is 257 Å². The Morgan fingerprint density at radius 1 is 0.500 bits per heavy atom. The molecule has 0 bridgehead atoms. The second-order valence-electron chi connectivity index (χ2n) is 16.4. The standard InChI is InChI=1S/C50H93NO5/c1-3-5-7-9-11-13-15-17-18-20-22-26-30-34-38-42-48(53)47(46-52)51-49(54)43-39-35-31-27-23-21-25-29-33-37-41-45-56-50(55)44-40-36-32-28-24-19-16-14-12-10-8-6-4-2/h8,10,14,16,38,42,47-48,52-53H,3-7,9,11-13,15,17-37,39-41,43-46H2,1-2H3,(H,51,54)/b10-8-,16-14-,42-38+. The van der Waals surface area contributed by atoms with E-state index in [0.29, 0.717) is 19.4 Å². The maximum absolute atomic E-state index is 12.4. The average Bonchev–Trinajstić information content (AvgIpc) is 3.20. The summed E-state index contributed by atoms with van der Waals surface area (Å²) in [4.78, 5) is 24.4. The topological polar surface area (TPSA) is 95.9 Å². The van der Waals surface area contributed by atoms with Crippen molar-refractivity contribution in [1.29, 1.82) is 0 Å². The first-order valence-corrected chi connectivity index (χ1v) is 24.3. The summed E-state index contributed by atoms with van der Waals surface area (Å²) in [6, 6.07) is -0.642. The van der Waals surface area contributed by atoms with Crippen molar-refractivity contribution in [1.82, 2.24) is 5.32 Å². The second kappa shape index (κ2) is 45.8. The van der Waals surface area contributed by atoms with Crippen LogP contribution in [0.2, 0.25) is 0 Å². The van der Waals surface area contributed by atoms with Gasteiger partial charge in [-0.15, -0.1) is 0 Å². The van der Waals surface area contributed by atoms with E-state index in [1.165, 1.54) is 148 Å². The molecular weight excluding hydrogens is 695 g/mol. The summed E-state index contributed by atoms with van der Waals surface area (Å²) in [5.41, 5.74) is 0. The van der Waals surface area contributed by atoms with Crippen LogP contribution in [0.25, 0.3) is 0 Å². The fraction of sp³-hybridized carbons (Fsp3) is 0.840. The molecule has 6 heteroatoms. The molecule has 0 aliphatic heterocycles. The molecule has 2 unspecified atom stereocenters. The molecule has 0 fully saturated rings. The molecule has 0 saturated heterocycles. The molecule has 56 heavy (non-hydrogen) atoms.